The van der Waals surface area contributed by atoms with Crippen molar-refractivity contribution in [2.45, 2.75) is 6.92 Å². The van der Waals surface area contributed by atoms with Crippen LogP contribution in [0.4, 0.5) is 0 Å². The maximum atomic E-state index is 10.8. The lowest BCUT2D eigenvalue weighted by Gasteiger charge is -2.00. The number of thiazole rings is 1. The lowest BCUT2D eigenvalue weighted by atomic mass is 10.2. The fraction of sp³-hybridized carbons (Fsp3) is 0.200. The summed E-state index contributed by atoms with van der Waals surface area (Å²) in [6.45, 7) is 1.92. The number of hydrogen-bond donors (Lipinski definition) is 0. The number of aromatic nitrogens is 1. The van der Waals surface area contributed by atoms with Crippen molar-refractivity contribution in [2.75, 3.05) is 7.11 Å². The summed E-state index contributed by atoms with van der Waals surface area (Å²) in [7, 11) is 1.60. The van der Waals surface area contributed by atoms with Crippen molar-refractivity contribution in [2.24, 2.45) is 0 Å². The first kappa shape index (κ1) is 9.15. The van der Waals surface area contributed by atoms with Crippen molar-refractivity contribution < 1.29 is 9.53 Å². The van der Waals surface area contributed by atoms with E-state index in [1.54, 1.807) is 19.2 Å². The SMILES string of the molecule is COc1ccc(C=O)c2sc(C)nc12. The number of rotatable bonds is 2. The number of methoxy groups -OCH3 is 1. The number of benzene rings is 1. The number of nitrogens with zero attached hydrogens (tertiary/aromatic N) is 1. The lowest BCUT2D eigenvalue weighted by molar-refractivity contribution is 0.112. The fourth-order valence-corrected chi connectivity index (χ4v) is 2.28. The van der Waals surface area contributed by atoms with Gasteiger partial charge in [0.15, 0.2) is 6.29 Å². The number of aldehydes is 1. The molecule has 0 N–H and O–H groups in total. The minimum Gasteiger partial charge on any atom is -0.494 e. The molecule has 2 rings (SSSR count). The molecule has 0 amide bonds. The third kappa shape index (κ3) is 1.28. The highest BCUT2D eigenvalue weighted by molar-refractivity contribution is 7.18. The Balaban J connectivity index is 2.83. The zero-order valence-corrected chi connectivity index (χ0v) is 8.72. The van der Waals surface area contributed by atoms with Gasteiger partial charge in [0.05, 0.1) is 16.8 Å². The first-order chi connectivity index (χ1) is 6.76. The average molecular weight is 207 g/mol. The molecule has 0 aliphatic rings. The third-order valence-corrected chi connectivity index (χ3v) is 3.01. The molecule has 2 aromatic rings. The minimum atomic E-state index is 0.673. The molecule has 1 heterocycles. The normalized spacial score (nSPS) is 10.4. The van der Waals surface area contributed by atoms with Crippen molar-refractivity contribution in [3.05, 3.63) is 22.7 Å². The van der Waals surface area contributed by atoms with Crippen molar-refractivity contribution in [1.82, 2.24) is 4.98 Å². The molecule has 0 fully saturated rings. The van der Waals surface area contributed by atoms with Crippen LogP contribution in [-0.4, -0.2) is 18.4 Å². The van der Waals surface area contributed by atoms with Crippen LogP contribution in [-0.2, 0) is 0 Å². The predicted octanol–water partition coefficient (Wildman–Crippen LogP) is 2.43. The maximum absolute atomic E-state index is 10.8. The summed E-state index contributed by atoms with van der Waals surface area (Å²) in [5, 5.41) is 0.938. The van der Waals surface area contributed by atoms with E-state index in [9.17, 15) is 4.79 Å². The van der Waals surface area contributed by atoms with Crippen molar-refractivity contribution in [1.29, 1.82) is 0 Å². The van der Waals surface area contributed by atoms with Crippen LogP contribution in [0.2, 0.25) is 0 Å². The number of ether oxygens (including phenoxy) is 1. The molecule has 1 aromatic carbocycles. The van der Waals surface area contributed by atoms with Gasteiger partial charge in [-0.1, -0.05) is 0 Å². The second-order valence-electron chi connectivity index (χ2n) is 2.89. The van der Waals surface area contributed by atoms with Crippen molar-refractivity contribution in [3.63, 3.8) is 0 Å². The maximum Gasteiger partial charge on any atom is 0.151 e. The van der Waals surface area contributed by atoms with Gasteiger partial charge >= 0.3 is 0 Å². The molecule has 0 saturated heterocycles. The van der Waals surface area contributed by atoms with Gasteiger partial charge in [-0.25, -0.2) is 4.98 Å². The van der Waals surface area contributed by atoms with E-state index in [2.05, 4.69) is 4.98 Å². The molecular formula is C10H9NO2S. The standard InChI is InChI=1S/C10H9NO2S/c1-6-11-9-8(13-2)4-3-7(5-12)10(9)14-6/h3-5H,1-2H3. The molecule has 0 atom stereocenters. The Morgan fingerprint density at radius 2 is 2.29 bits per heavy atom. The summed E-state index contributed by atoms with van der Waals surface area (Å²) in [4.78, 5) is 15.1. The molecular weight excluding hydrogens is 198 g/mol. The number of carbonyl (C=O) groups excluding carboxylic acids is 1. The van der Waals surface area contributed by atoms with E-state index >= 15 is 0 Å². The monoisotopic (exact) mass is 207 g/mol. The van der Waals surface area contributed by atoms with Gasteiger partial charge in [0.1, 0.15) is 11.3 Å². The van der Waals surface area contributed by atoms with Crippen LogP contribution in [0.1, 0.15) is 15.4 Å². The van der Waals surface area contributed by atoms with Gasteiger partial charge in [-0.3, -0.25) is 4.79 Å². The molecule has 0 radical (unpaired) electrons. The van der Waals surface area contributed by atoms with E-state index in [1.165, 1.54) is 11.3 Å². The Morgan fingerprint density at radius 1 is 1.50 bits per heavy atom. The second-order valence-corrected chi connectivity index (χ2v) is 4.09. The summed E-state index contributed by atoms with van der Waals surface area (Å²) in [6, 6.07) is 3.52. The van der Waals surface area contributed by atoms with Crippen LogP contribution < -0.4 is 4.74 Å². The molecule has 0 spiro atoms. The molecule has 0 saturated carbocycles. The van der Waals surface area contributed by atoms with E-state index in [-0.39, 0.29) is 0 Å². The summed E-state index contributed by atoms with van der Waals surface area (Å²) in [5.74, 6) is 0.718. The van der Waals surface area contributed by atoms with Gasteiger partial charge < -0.3 is 4.74 Å². The van der Waals surface area contributed by atoms with Crippen LogP contribution in [0.15, 0.2) is 12.1 Å². The van der Waals surface area contributed by atoms with E-state index in [0.717, 1.165) is 27.3 Å². The number of carbonyl (C=O) groups is 1. The lowest BCUT2D eigenvalue weighted by Crippen LogP contribution is -1.87. The number of aryl methyl sites for hydroxylation is 1. The van der Waals surface area contributed by atoms with Gasteiger partial charge in [-0.2, -0.15) is 0 Å². The number of hydrogen-bond acceptors (Lipinski definition) is 4. The van der Waals surface area contributed by atoms with E-state index in [0.29, 0.717) is 5.56 Å². The Labute approximate surface area is 85.3 Å². The summed E-state index contributed by atoms with van der Waals surface area (Å²) < 4.78 is 6.07. The highest BCUT2D eigenvalue weighted by Gasteiger charge is 2.10. The van der Waals surface area contributed by atoms with E-state index in [1.807, 2.05) is 6.92 Å². The van der Waals surface area contributed by atoms with Gasteiger partial charge in [0.2, 0.25) is 0 Å². The average Bonchev–Trinajstić information content (AvgIpc) is 2.57. The van der Waals surface area contributed by atoms with Gasteiger partial charge in [0.25, 0.3) is 0 Å². The zero-order chi connectivity index (χ0) is 10.1. The summed E-state index contributed by atoms with van der Waals surface area (Å²) in [5.41, 5.74) is 1.45. The largest absolute Gasteiger partial charge is 0.494 e. The Kier molecular flexibility index (Phi) is 2.21. The predicted molar refractivity (Wildman–Crippen MR) is 56.3 cm³/mol. The van der Waals surface area contributed by atoms with E-state index < -0.39 is 0 Å². The highest BCUT2D eigenvalue weighted by Crippen LogP contribution is 2.31. The van der Waals surface area contributed by atoms with Crippen LogP contribution in [0, 0.1) is 6.92 Å². The van der Waals surface area contributed by atoms with Gasteiger partial charge in [0, 0.05) is 5.56 Å². The molecule has 4 heteroatoms. The van der Waals surface area contributed by atoms with Crippen molar-refractivity contribution >= 4 is 27.8 Å². The van der Waals surface area contributed by atoms with Crippen LogP contribution >= 0.6 is 11.3 Å². The smallest absolute Gasteiger partial charge is 0.151 e. The quantitative estimate of drug-likeness (QED) is 0.710. The van der Waals surface area contributed by atoms with Crippen LogP contribution in [0.5, 0.6) is 5.75 Å². The Bertz CT molecular complexity index is 490. The molecule has 0 unspecified atom stereocenters. The molecule has 1 aromatic heterocycles. The second kappa shape index (κ2) is 3.38. The van der Waals surface area contributed by atoms with Crippen LogP contribution in [0.25, 0.3) is 10.2 Å². The minimum absolute atomic E-state index is 0.673. The Morgan fingerprint density at radius 3 is 2.93 bits per heavy atom. The first-order valence-corrected chi connectivity index (χ1v) is 4.97. The van der Waals surface area contributed by atoms with Gasteiger partial charge in [-0.15, -0.1) is 11.3 Å². The summed E-state index contributed by atoms with van der Waals surface area (Å²) >= 11 is 1.51. The van der Waals surface area contributed by atoms with Gasteiger partial charge in [-0.05, 0) is 19.1 Å². The molecule has 14 heavy (non-hydrogen) atoms. The first-order valence-electron chi connectivity index (χ1n) is 4.15. The zero-order valence-electron chi connectivity index (χ0n) is 7.90. The number of fused-ring (bicyclic) bond motifs is 1. The molecule has 0 bridgehead atoms. The molecule has 0 aliphatic carbocycles. The van der Waals surface area contributed by atoms with Crippen LogP contribution in [0.3, 0.4) is 0 Å². The topological polar surface area (TPSA) is 39.2 Å². The van der Waals surface area contributed by atoms with Crippen molar-refractivity contribution in [3.8, 4) is 5.75 Å². The molecule has 3 nitrogen and oxygen atoms in total. The Hall–Kier alpha value is -1.42. The van der Waals surface area contributed by atoms with E-state index in [4.69, 9.17) is 4.74 Å². The summed E-state index contributed by atoms with van der Waals surface area (Å²) in [6.07, 6.45) is 0.847. The fourth-order valence-electron chi connectivity index (χ4n) is 1.37. The molecule has 72 valence electrons. The third-order valence-electron chi connectivity index (χ3n) is 1.99. The molecule has 0 aliphatic heterocycles. The highest BCUT2D eigenvalue weighted by atomic mass is 32.1.